The highest BCUT2D eigenvalue weighted by Crippen LogP contribution is 2.21. The predicted molar refractivity (Wildman–Crippen MR) is 87.5 cm³/mol. The van der Waals surface area contributed by atoms with Crippen molar-refractivity contribution in [2.24, 2.45) is 0 Å². The smallest absolute Gasteiger partial charge is 0.255 e. The Labute approximate surface area is 131 Å². The molecule has 2 aromatic carbocycles. The molecule has 0 heterocycles. The average Bonchev–Trinajstić information content (AvgIpc) is 2.54. The molecule has 1 N–H and O–H groups in total. The van der Waals surface area contributed by atoms with E-state index in [2.05, 4.69) is 5.32 Å². The van der Waals surface area contributed by atoms with Crippen LogP contribution < -0.4 is 10.1 Å². The van der Waals surface area contributed by atoms with Crippen LogP contribution >= 0.6 is 0 Å². The molecular weight excluding hydrogens is 278 g/mol. The van der Waals surface area contributed by atoms with Crippen LogP contribution in [-0.4, -0.2) is 19.6 Å². The van der Waals surface area contributed by atoms with E-state index >= 15 is 0 Å². The summed E-state index contributed by atoms with van der Waals surface area (Å²) in [6, 6.07) is 13.0. The van der Waals surface area contributed by atoms with E-state index in [0.29, 0.717) is 18.8 Å². The van der Waals surface area contributed by atoms with Gasteiger partial charge in [-0.05, 0) is 44.2 Å². The van der Waals surface area contributed by atoms with Crippen LogP contribution in [0.15, 0.2) is 42.5 Å². The van der Waals surface area contributed by atoms with Gasteiger partial charge in [0.2, 0.25) is 0 Å². The zero-order chi connectivity index (χ0) is 15.9. The van der Waals surface area contributed by atoms with Crippen LogP contribution in [0, 0.1) is 6.92 Å². The molecule has 0 saturated carbocycles. The number of anilines is 1. The van der Waals surface area contributed by atoms with Gasteiger partial charge in [-0.25, -0.2) is 0 Å². The molecule has 4 nitrogen and oxygen atoms in total. The summed E-state index contributed by atoms with van der Waals surface area (Å²) in [4.78, 5) is 12.3. The molecule has 0 atom stereocenters. The van der Waals surface area contributed by atoms with E-state index < -0.39 is 0 Å². The van der Waals surface area contributed by atoms with Crippen LogP contribution in [-0.2, 0) is 11.3 Å². The highest BCUT2D eigenvalue weighted by Gasteiger charge is 2.10. The van der Waals surface area contributed by atoms with Gasteiger partial charge in [-0.2, -0.15) is 0 Å². The third-order valence-electron chi connectivity index (χ3n) is 3.31. The van der Waals surface area contributed by atoms with E-state index in [9.17, 15) is 4.79 Å². The Bertz CT molecular complexity index is 635. The summed E-state index contributed by atoms with van der Waals surface area (Å²) in [5.74, 6) is 0.574. The summed E-state index contributed by atoms with van der Waals surface area (Å²) in [5.41, 5.74) is 3.37. The minimum atomic E-state index is -0.149. The summed E-state index contributed by atoms with van der Waals surface area (Å²) in [7, 11) is 1.61. The number of methoxy groups -OCH3 is 1. The van der Waals surface area contributed by atoms with Crippen LogP contribution in [0.2, 0.25) is 0 Å². The topological polar surface area (TPSA) is 47.6 Å². The largest absolute Gasteiger partial charge is 0.496 e. The molecule has 0 radical (unpaired) electrons. The first-order valence-electron chi connectivity index (χ1n) is 7.26. The van der Waals surface area contributed by atoms with E-state index in [1.54, 1.807) is 25.3 Å². The van der Waals surface area contributed by atoms with E-state index in [4.69, 9.17) is 9.47 Å². The van der Waals surface area contributed by atoms with Gasteiger partial charge in [0.25, 0.3) is 5.91 Å². The summed E-state index contributed by atoms with van der Waals surface area (Å²) in [5, 5.41) is 2.89. The summed E-state index contributed by atoms with van der Waals surface area (Å²) >= 11 is 0. The SMILES string of the molecule is CCOCc1cc(C(=O)Nc2ccc(C)cc2)ccc1OC. The number of benzene rings is 2. The lowest BCUT2D eigenvalue weighted by atomic mass is 10.1. The quantitative estimate of drug-likeness (QED) is 0.882. The van der Waals surface area contributed by atoms with Gasteiger partial charge in [0.15, 0.2) is 0 Å². The highest BCUT2D eigenvalue weighted by molar-refractivity contribution is 6.04. The molecule has 2 aromatic rings. The van der Waals surface area contributed by atoms with Crippen molar-refractivity contribution in [3.8, 4) is 5.75 Å². The Hall–Kier alpha value is -2.33. The standard InChI is InChI=1S/C18H21NO3/c1-4-22-12-15-11-14(7-10-17(15)21-3)18(20)19-16-8-5-13(2)6-9-16/h5-11H,4,12H2,1-3H3,(H,19,20). The van der Waals surface area contributed by atoms with E-state index in [-0.39, 0.29) is 5.91 Å². The van der Waals surface area contributed by atoms with Crippen LogP contribution in [0.25, 0.3) is 0 Å². The van der Waals surface area contributed by atoms with Crippen LogP contribution in [0.3, 0.4) is 0 Å². The van der Waals surface area contributed by atoms with Gasteiger partial charge in [0.05, 0.1) is 13.7 Å². The third kappa shape index (κ3) is 4.09. The Morgan fingerprint density at radius 1 is 1.14 bits per heavy atom. The summed E-state index contributed by atoms with van der Waals surface area (Å²) < 4.78 is 10.7. The molecule has 0 aromatic heterocycles. The normalized spacial score (nSPS) is 10.3. The van der Waals surface area contributed by atoms with Crippen LogP contribution in [0.1, 0.15) is 28.4 Å². The van der Waals surface area contributed by atoms with Crippen molar-refractivity contribution in [1.82, 2.24) is 0 Å². The molecule has 0 bridgehead atoms. The minimum Gasteiger partial charge on any atom is -0.496 e. The maximum absolute atomic E-state index is 12.3. The number of carbonyl (C=O) groups excluding carboxylic acids is 1. The van der Waals surface area contributed by atoms with Crippen molar-refractivity contribution in [1.29, 1.82) is 0 Å². The highest BCUT2D eigenvalue weighted by atomic mass is 16.5. The molecule has 116 valence electrons. The van der Waals surface area contributed by atoms with Crippen molar-refractivity contribution in [3.63, 3.8) is 0 Å². The molecule has 0 unspecified atom stereocenters. The molecule has 0 aliphatic heterocycles. The van der Waals surface area contributed by atoms with E-state index in [1.165, 1.54) is 0 Å². The van der Waals surface area contributed by atoms with Gasteiger partial charge < -0.3 is 14.8 Å². The molecule has 2 rings (SSSR count). The van der Waals surface area contributed by atoms with Crippen molar-refractivity contribution >= 4 is 11.6 Å². The predicted octanol–water partition coefficient (Wildman–Crippen LogP) is 3.79. The molecule has 0 fully saturated rings. The monoisotopic (exact) mass is 299 g/mol. The second-order valence-corrected chi connectivity index (χ2v) is 4.98. The van der Waals surface area contributed by atoms with Gasteiger partial charge in [-0.15, -0.1) is 0 Å². The van der Waals surface area contributed by atoms with Gasteiger partial charge in [-0.3, -0.25) is 4.79 Å². The lowest BCUT2D eigenvalue weighted by molar-refractivity contribution is 0.102. The fourth-order valence-corrected chi connectivity index (χ4v) is 2.08. The van der Waals surface area contributed by atoms with E-state index in [1.807, 2.05) is 38.1 Å². The van der Waals surface area contributed by atoms with Crippen molar-refractivity contribution < 1.29 is 14.3 Å². The summed E-state index contributed by atoms with van der Waals surface area (Å²) in [6.45, 7) is 4.98. The molecule has 0 saturated heterocycles. The number of carbonyl (C=O) groups is 1. The number of hydrogen-bond acceptors (Lipinski definition) is 3. The van der Waals surface area contributed by atoms with Crippen LogP contribution in [0.5, 0.6) is 5.75 Å². The zero-order valence-corrected chi connectivity index (χ0v) is 13.2. The Balaban J connectivity index is 2.16. The first-order valence-corrected chi connectivity index (χ1v) is 7.26. The van der Waals surface area contributed by atoms with Gasteiger partial charge in [-0.1, -0.05) is 17.7 Å². The second-order valence-electron chi connectivity index (χ2n) is 4.98. The maximum Gasteiger partial charge on any atom is 0.255 e. The summed E-state index contributed by atoms with van der Waals surface area (Å²) in [6.07, 6.45) is 0. The Kier molecular flexibility index (Phi) is 5.55. The Morgan fingerprint density at radius 3 is 2.50 bits per heavy atom. The number of hydrogen-bond donors (Lipinski definition) is 1. The van der Waals surface area contributed by atoms with Gasteiger partial charge in [0.1, 0.15) is 5.75 Å². The van der Waals surface area contributed by atoms with E-state index in [0.717, 1.165) is 22.6 Å². The fourth-order valence-electron chi connectivity index (χ4n) is 2.08. The minimum absolute atomic E-state index is 0.149. The molecule has 0 aliphatic rings. The first kappa shape index (κ1) is 16.0. The number of aryl methyl sites for hydroxylation is 1. The molecule has 1 amide bonds. The van der Waals surface area contributed by atoms with Gasteiger partial charge in [0, 0.05) is 23.4 Å². The molecule has 22 heavy (non-hydrogen) atoms. The first-order chi connectivity index (χ1) is 10.6. The number of nitrogens with one attached hydrogen (secondary N) is 1. The average molecular weight is 299 g/mol. The molecular formula is C18H21NO3. The maximum atomic E-state index is 12.3. The van der Waals surface area contributed by atoms with Crippen molar-refractivity contribution in [2.75, 3.05) is 19.0 Å². The number of amides is 1. The molecule has 4 heteroatoms. The van der Waals surface area contributed by atoms with Gasteiger partial charge >= 0.3 is 0 Å². The van der Waals surface area contributed by atoms with Crippen molar-refractivity contribution in [3.05, 3.63) is 59.2 Å². The number of rotatable bonds is 6. The molecule has 0 aliphatic carbocycles. The Morgan fingerprint density at radius 2 is 1.86 bits per heavy atom. The zero-order valence-electron chi connectivity index (χ0n) is 13.2. The number of ether oxygens (including phenoxy) is 2. The lowest BCUT2D eigenvalue weighted by Gasteiger charge is -2.11. The second kappa shape index (κ2) is 7.61. The lowest BCUT2D eigenvalue weighted by Crippen LogP contribution is -2.12. The van der Waals surface area contributed by atoms with Crippen LogP contribution in [0.4, 0.5) is 5.69 Å². The van der Waals surface area contributed by atoms with Crippen molar-refractivity contribution in [2.45, 2.75) is 20.5 Å². The molecule has 0 spiro atoms. The third-order valence-corrected chi connectivity index (χ3v) is 3.31. The fraction of sp³-hybridized carbons (Fsp3) is 0.278.